The summed E-state index contributed by atoms with van der Waals surface area (Å²) in [6.45, 7) is 0.529. The minimum atomic E-state index is -1.55. The van der Waals surface area contributed by atoms with E-state index in [1.165, 1.54) is 4.91 Å². The van der Waals surface area contributed by atoms with E-state index in [0.717, 1.165) is 5.69 Å². The zero-order valence-corrected chi connectivity index (χ0v) is 10.7. The fraction of sp³-hybridized carbons (Fsp3) is 0.125. The van der Waals surface area contributed by atoms with E-state index in [2.05, 4.69) is 4.98 Å². The maximum absolute atomic E-state index is 8.94. The molecular weight excluding hydrogens is 409 g/mol. The molecule has 0 aliphatic carbocycles. The van der Waals surface area contributed by atoms with E-state index in [1.807, 2.05) is 18.2 Å². The summed E-state index contributed by atoms with van der Waals surface area (Å²) in [4.78, 5) is 23.2. The number of rotatable bonds is 2. The molecule has 1 rings (SSSR count). The van der Waals surface area contributed by atoms with Gasteiger partial charge in [-0.3, -0.25) is 14.7 Å². The molecule has 9 heteroatoms. The Labute approximate surface area is 112 Å². The molecule has 0 bridgehead atoms. The maximum atomic E-state index is 8.94. The second kappa shape index (κ2) is 16.7. The summed E-state index contributed by atoms with van der Waals surface area (Å²) in [5.74, 6) is -1.55. The molecule has 0 radical (unpaired) electrons. The van der Waals surface area contributed by atoms with Crippen molar-refractivity contribution < 1.29 is 35.8 Å². The molecule has 0 aromatic carbocycles. The quantitative estimate of drug-likeness (QED) is 0.237. The van der Waals surface area contributed by atoms with Gasteiger partial charge in [0, 0.05) is 12.7 Å². The Kier molecular flexibility index (Phi) is 20.2. The standard InChI is InChI=1S/C6H8N2.C2HO3.N3.Pt/c7-5-6-3-1-2-4-8-6;3-1-2(4)5;1-3-2;/h1-4H,5,7H2;(H,4,5);;/q;2*-1;+2. The van der Waals surface area contributed by atoms with Crippen molar-refractivity contribution in [2.75, 3.05) is 0 Å². The van der Waals surface area contributed by atoms with Crippen molar-refractivity contribution in [2.45, 2.75) is 6.54 Å². The molecule has 3 N–H and O–H groups in total. The number of carbonyl (C=O) groups excluding carboxylic acids is 1. The molecule has 8 nitrogen and oxygen atoms in total. The van der Waals surface area contributed by atoms with E-state index in [1.54, 1.807) is 6.20 Å². The summed E-state index contributed by atoms with van der Waals surface area (Å²) in [6.07, 6.45) is 2.43. The molecule has 0 spiro atoms. The van der Waals surface area contributed by atoms with Gasteiger partial charge in [-0.15, -0.1) is 0 Å². The van der Waals surface area contributed by atoms with Crippen molar-refractivity contribution >= 4 is 12.3 Å². The number of nitrogens with zero attached hydrogens (tertiary/aromatic N) is 4. The molecule has 0 aliphatic heterocycles. The number of nitrogens with two attached hydrogens (primary N) is 1. The van der Waals surface area contributed by atoms with Crippen LogP contribution in [0.15, 0.2) is 24.4 Å². The van der Waals surface area contributed by atoms with Crippen molar-refractivity contribution in [1.82, 2.24) is 4.98 Å². The largest absolute Gasteiger partial charge is 2.00 e. The van der Waals surface area contributed by atoms with Crippen LogP contribution in [0.3, 0.4) is 0 Å². The van der Waals surface area contributed by atoms with Crippen molar-refractivity contribution in [3.63, 3.8) is 0 Å². The van der Waals surface area contributed by atoms with Gasteiger partial charge in [-0.2, -0.15) is 6.29 Å². The first kappa shape index (κ1) is 20.6. The van der Waals surface area contributed by atoms with E-state index in [4.69, 9.17) is 31.5 Å². The molecule has 0 saturated heterocycles. The molecule has 0 fully saturated rings. The Morgan fingerprint density at radius 3 is 2.18 bits per heavy atom. The van der Waals surface area contributed by atoms with Gasteiger partial charge in [-0.05, 0) is 12.1 Å². The van der Waals surface area contributed by atoms with Crippen LogP contribution < -0.4 is 5.73 Å². The van der Waals surface area contributed by atoms with Crippen LogP contribution in [0.5, 0.6) is 0 Å². The van der Waals surface area contributed by atoms with E-state index < -0.39 is 5.97 Å². The third kappa shape index (κ3) is 20.4. The number of aromatic nitrogens is 1. The summed E-state index contributed by atoms with van der Waals surface area (Å²) < 4.78 is 0. The van der Waals surface area contributed by atoms with Gasteiger partial charge in [0.05, 0.1) is 5.69 Å². The van der Waals surface area contributed by atoms with Gasteiger partial charge in [0.2, 0.25) is 0 Å². The first-order chi connectivity index (χ1) is 7.62. The predicted molar refractivity (Wildman–Crippen MR) is 55.5 cm³/mol. The SMILES string of the molecule is NCc1ccccn1.O=[C-]C(=O)O.[N-]=[N+]=[N-].[Pt+2]. The zero-order chi connectivity index (χ0) is 12.8. The van der Waals surface area contributed by atoms with Crippen LogP contribution in [0, 0.1) is 0 Å². The van der Waals surface area contributed by atoms with Crippen LogP contribution in [-0.4, -0.2) is 22.3 Å². The monoisotopic (exact) mass is 418 g/mol. The normalized spacial score (nSPS) is 6.65. The second-order valence-corrected chi connectivity index (χ2v) is 2.02. The summed E-state index contributed by atoms with van der Waals surface area (Å²) >= 11 is 0. The van der Waals surface area contributed by atoms with Crippen molar-refractivity contribution in [3.8, 4) is 0 Å². The molecule has 0 unspecified atom stereocenters. The average molecular weight is 418 g/mol. The van der Waals surface area contributed by atoms with E-state index in [9.17, 15) is 0 Å². The summed E-state index contributed by atoms with van der Waals surface area (Å²) in [5, 5.41) is 7.30. The van der Waals surface area contributed by atoms with Crippen LogP contribution in [0.25, 0.3) is 16.0 Å². The smallest absolute Gasteiger partial charge is 0.531 e. The fourth-order valence-corrected chi connectivity index (χ4v) is 0.519. The summed E-state index contributed by atoms with van der Waals surface area (Å²) in [5.41, 5.74) is 19.7. The van der Waals surface area contributed by atoms with Crippen LogP contribution in [0.2, 0.25) is 0 Å². The number of carboxylic acids is 1. The molecule has 0 atom stereocenters. The van der Waals surface area contributed by atoms with Gasteiger partial charge in [0.15, 0.2) is 5.97 Å². The van der Waals surface area contributed by atoms with Crippen LogP contribution >= 0.6 is 0 Å². The Hall–Kier alpha value is -1.75. The van der Waals surface area contributed by atoms with Gasteiger partial charge >= 0.3 is 21.1 Å². The predicted octanol–water partition coefficient (Wildman–Crippen LogP) is 0.585. The Balaban J connectivity index is -0.000000191. The van der Waals surface area contributed by atoms with Crippen LogP contribution in [0.1, 0.15) is 5.69 Å². The molecular formula is C8H9N5O3Pt. The second-order valence-electron chi connectivity index (χ2n) is 2.02. The van der Waals surface area contributed by atoms with Gasteiger partial charge in [0.1, 0.15) is 0 Å². The third-order valence-electron chi connectivity index (χ3n) is 1.02. The minimum absolute atomic E-state index is 0. The molecule has 0 saturated carbocycles. The van der Waals surface area contributed by atoms with E-state index >= 15 is 0 Å². The summed E-state index contributed by atoms with van der Waals surface area (Å²) in [6, 6.07) is 5.70. The van der Waals surface area contributed by atoms with Crippen LogP contribution in [-0.2, 0) is 37.2 Å². The van der Waals surface area contributed by atoms with Gasteiger partial charge in [-0.25, -0.2) is 0 Å². The molecule has 1 aromatic rings. The molecule has 1 heterocycles. The Bertz CT molecular complexity index is 340. The van der Waals surface area contributed by atoms with Gasteiger partial charge in [0.25, 0.3) is 0 Å². The molecule has 17 heavy (non-hydrogen) atoms. The minimum Gasteiger partial charge on any atom is -0.531 e. The molecule has 0 aliphatic rings. The topological polar surface area (TPSA) is 152 Å². The molecule has 1 aromatic heterocycles. The van der Waals surface area contributed by atoms with Crippen molar-refractivity contribution in [2.24, 2.45) is 5.73 Å². The van der Waals surface area contributed by atoms with Gasteiger partial charge < -0.3 is 26.7 Å². The summed E-state index contributed by atoms with van der Waals surface area (Å²) in [7, 11) is 0. The van der Waals surface area contributed by atoms with Crippen LogP contribution in [0.4, 0.5) is 0 Å². The number of pyridine rings is 1. The number of carbonyl (C=O) groups is 1. The number of hydrogen-bond acceptors (Lipinski definition) is 4. The Morgan fingerprint density at radius 2 is 2.00 bits per heavy atom. The number of carboxylic acid groups (broad SMARTS) is 1. The van der Waals surface area contributed by atoms with Crippen molar-refractivity contribution in [1.29, 1.82) is 0 Å². The Morgan fingerprint density at radius 1 is 1.53 bits per heavy atom. The van der Waals surface area contributed by atoms with E-state index in [0.29, 0.717) is 12.8 Å². The van der Waals surface area contributed by atoms with Gasteiger partial charge in [-0.1, -0.05) is 6.07 Å². The number of aliphatic carboxylic acids is 1. The maximum Gasteiger partial charge on any atom is 2.00 e. The molecule has 0 amide bonds. The third-order valence-corrected chi connectivity index (χ3v) is 1.02. The molecule has 94 valence electrons. The first-order valence-corrected chi connectivity index (χ1v) is 3.81. The zero-order valence-electron chi connectivity index (χ0n) is 8.46. The first-order valence-electron chi connectivity index (χ1n) is 3.81. The fourth-order valence-electron chi connectivity index (χ4n) is 0.519. The van der Waals surface area contributed by atoms with E-state index in [-0.39, 0.29) is 21.1 Å². The number of hydrogen-bond donors (Lipinski definition) is 2. The average Bonchev–Trinajstić information content (AvgIpc) is 2.32. The van der Waals surface area contributed by atoms with Crippen molar-refractivity contribution in [3.05, 3.63) is 46.1 Å².